The van der Waals surface area contributed by atoms with Gasteiger partial charge in [0.2, 0.25) is 0 Å². The molecule has 0 aromatic heterocycles. The maximum Gasteiger partial charge on any atom is 0.0401 e. The van der Waals surface area contributed by atoms with Crippen molar-refractivity contribution in [1.29, 1.82) is 0 Å². The summed E-state index contributed by atoms with van der Waals surface area (Å²) in [5.41, 5.74) is 10.4. The molecule has 1 aliphatic carbocycles. The zero-order valence-electron chi connectivity index (χ0n) is 11.1. The second-order valence-electron chi connectivity index (χ2n) is 4.84. The van der Waals surface area contributed by atoms with Gasteiger partial charge in [0.1, 0.15) is 0 Å². The standard InChI is InChI=1S/C15H24N2/c1-3-17(4-2)15-10-6-8-13-12(11-16)7-5-9-14(13)15/h6,8,10,12H,3-5,7,9,11,16H2,1-2H3. The number of hydrogen-bond donors (Lipinski definition) is 1. The minimum atomic E-state index is 0.578. The molecule has 0 fully saturated rings. The summed E-state index contributed by atoms with van der Waals surface area (Å²) >= 11 is 0. The first kappa shape index (κ1) is 12.4. The van der Waals surface area contributed by atoms with Gasteiger partial charge >= 0.3 is 0 Å². The fraction of sp³-hybridized carbons (Fsp3) is 0.600. The molecule has 1 unspecified atom stereocenters. The van der Waals surface area contributed by atoms with E-state index >= 15 is 0 Å². The fourth-order valence-corrected chi connectivity index (χ4v) is 3.03. The van der Waals surface area contributed by atoms with E-state index in [1.165, 1.54) is 30.5 Å². The monoisotopic (exact) mass is 232 g/mol. The number of nitrogens with two attached hydrogens (primary N) is 1. The molecule has 94 valence electrons. The number of fused-ring (bicyclic) bond motifs is 1. The molecular formula is C15H24N2. The number of rotatable bonds is 4. The van der Waals surface area contributed by atoms with Crippen molar-refractivity contribution < 1.29 is 0 Å². The summed E-state index contributed by atoms with van der Waals surface area (Å²) in [6.45, 7) is 7.41. The molecule has 2 nitrogen and oxygen atoms in total. The summed E-state index contributed by atoms with van der Waals surface area (Å²) in [6.07, 6.45) is 3.76. The van der Waals surface area contributed by atoms with Gasteiger partial charge in [0.05, 0.1) is 0 Å². The normalized spacial score (nSPS) is 18.9. The van der Waals surface area contributed by atoms with E-state index in [0.717, 1.165) is 19.6 Å². The third-order valence-corrected chi connectivity index (χ3v) is 4.00. The molecule has 2 N–H and O–H groups in total. The zero-order valence-corrected chi connectivity index (χ0v) is 11.1. The van der Waals surface area contributed by atoms with Crippen LogP contribution < -0.4 is 10.6 Å². The molecule has 17 heavy (non-hydrogen) atoms. The van der Waals surface area contributed by atoms with Crippen molar-refractivity contribution in [1.82, 2.24) is 0 Å². The van der Waals surface area contributed by atoms with E-state index in [9.17, 15) is 0 Å². The SMILES string of the molecule is CCN(CC)c1cccc2c1CCCC2CN. The molecule has 0 amide bonds. The Labute approximate surface area is 105 Å². The zero-order chi connectivity index (χ0) is 12.3. The molecule has 0 aliphatic heterocycles. The molecule has 0 bridgehead atoms. The lowest BCUT2D eigenvalue weighted by molar-refractivity contribution is 0.560. The molecule has 0 saturated carbocycles. The van der Waals surface area contributed by atoms with Crippen molar-refractivity contribution in [2.45, 2.75) is 39.0 Å². The average Bonchev–Trinajstić information content (AvgIpc) is 2.39. The molecule has 0 radical (unpaired) electrons. The smallest absolute Gasteiger partial charge is 0.0401 e. The third-order valence-electron chi connectivity index (χ3n) is 4.00. The molecular weight excluding hydrogens is 208 g/mol. The maximum absolute atomic E-state index is 5.90. The summed E-state index contributed by atoms with van der Waals surface area (Å²) in [4.78, 5) is 2.46. The lowest BCUT2D eigenvalue weighted by Gasteiger charge is -2.31. The molecule has 1 aromatic rings. The summed E-state index contributed by atoms with van der Waals surface area (Å²) in [5.74, 6) is 0.578. The van der Waals surface area contributed by atoms with Crippen molar-refractivity contribution in [2.24, 2.45) is 5.73 Å². The minimum absolute atomic E-state index is 0.578. The predicted molar refractivity (Wildman–Crippen MR) is 74.7 cm³/mol. The second kappa shape index (κ2) is 5.54. The minimum Gasteiger partial charge on any atom is -0.372 e. The number of benzene rings is 1. The molecule has 0 spiro atoms. The van der Waals surface area contributed by atoms with Gasteiger partial charge in [0, 0.05) is 18.8 Å². The molecule has 2 heteroatoms. The van der Waals surface area contributed by atoms with Crippen LogP contribution in [0.3, 0.4) is 0 Å². The van der Waals surface area contributed by atoms with Gasteiger partial charge in [-0.05, 0) is 62.8 Å². The van der Waals surface area contributed by atoms with Gasteiger partial charge < -0.3 is 10.6 Å². The molecule has 1 aliphatic rings. The van der Waals surface area contributed by atoms with Crippen molar-refractivity contribution in [3.05, 3.63) is 29.3 Å². The van der Waals surface area contributed by atoms with Crippen LogP contribution in [0, 0.1) is 0 Å². The summed E-state index contributed by atoms with van der Waals surface area (Å²) in [7, 11) is 0. The fourth-order valence-electron chi connectivity index (χ4n) is 3.03. The van der Waals surface area contributed by atoms with Gasteiger partial charge in [-0.2, -0.15) is 0 Å². The summed E-state index contributed by atoms with van der Waals surface area (Å²) in [6, 6.07) is 6.74. The van der Waals surface area contributed by atoms with Gasteiger partial charge in [-0.15, -0.1) is 0 Å². The van der Waals surface area contributed by atoms with Gasteiger partial charge in [0.25, 0.3) is 0 Å². The topological polar surface area (TPSA) is 29.3 Å². The number of nitrogens with zero attached hydrogens (tertiary/aromatic N) is 1. The van der Waals surface area contributed by atoms with Crippen LogP contribution in [0.1, 0.15) is 43.7 Å². The summed E-state index contributed by atoms with van der Waals surface area (Å²) < 4.78 is 0. The highest BCUT2D eigenvalue weighted by Gasteiger charge is 2.22. The first-order valence-corrected chi connectivity index (χ1v) is 6.88. The van der Waals surface area contributed by atoms with E-state index in [0.29, 0.717) is 5.92 Å². The first-order chi connectivity index (χ1) is 8.31. The van der Waals surface area contributed by atoms with Gasteiger partial charge in [0.15, 0.2) is 0 Å². The first-order valence-electron chi connectivity index (χ1n) is 6.88. The van der Waals surface area contributed by atoms with E-state index in [-0.39, 0.29) is 0 Å². The molecule has 0 saturated heterocycles. The van der Waals surface area contributed by atoms with Crippen LogP contribution in [0.5, 0.6) is 0 Å². The Morgan fingerprint density at radius 3 is 2.71 bits per heavy atom. The van der Waals surface area contributed by atoms with Crippen LogP contribution in [0.4, 0.5) is 5.69 Å². The van der Waals surface area contributed by atoms with E-state index in [1.54, 1.807) is 5.56 Å². The highest BCUT2D eigenvalue weighted by atomic mass is 15.1. The maximum atomic E-state index is 5.90. The Hall–Kier alpha value is -1.02. The third kappa shape index (κ3) is 2.32. The van der Waals surface area contributed by atoms with E-state index in [1.807, 2.05) is 0 Å². The highest BCUT2D eigenvalue weighted by Crippen LogP contribution is 2.36. The Morgan fingerprint density at radius 1 is 1.29 bits per heavy atom. The molecule has 2 rings (SSSR count). The Kier molecular flexibility index (Phi) is 4.06. The van der Waals surface area contributed by atoms with Crippen molar-refractivity contribution in [3.63, 3.8) is 0 Å². The van der Waals surface area contributed by atoms with Crippen LogP contribution >= 0.6 is 0 Å². The van der Waals surface area contributed by atoms with Crippen LogP contribution in [0.2, 0.25) is 0 Å². The highest BCUT2D eigenvalue weighted by molar-refractivity contribution is 5.58. The lowest BCUT2D eigenvalue weighted by atomic mass is 9.82. The Morgan fingerprint density at radius 2 is 2.06 bits per heavy atom. The van der Waals surface area contributed by atoms with E-state index in [2.05, 4.69) is 36.9 Å². The van der Waals surface area contributed by atoms with Crippen LogP contribution in [0.15, 0.2) is 18.2 Å². The van der Waals surface area contributed by atoms with Crippen molar-refractivity contribution >= 4 is 5.69 Å². The van der Waals surface area contributed by atoms with Crippen LogP contribution in [-0.2, 0) is 6.42 Å². The molecule has 0 heterocycles. The second-order valence-corrected chi connectivity index (χ2v) is 4.84. The van der Waals surface area contributed by atoms with E-state index < -0.39 is 0 Å². The van der Waals surface area contributed by atoms with E-state index in [4.69, 9.17) is 5.73 Å². The Balaban J connectivity index is 2.41. The molecule has 1 atom stereocenters. The van der Waals surface area contributed by atoms with Gasteiger partial charge in [-0.25, -0.2) is 0 Å². The van der Waals surface area contributed by atoms with Gasteiger partial charge in [-0.1, -0.05) is 12.1 Å². The number of anilines is 1. The largest absolute Gasteiger partial charge is 0.372 e. The average molecular weight is 232 g/mol. The predicted octanol–water partition coefficient (Wildman–Crippen LogP) is 2.91. The molecule has 1 aromatic carbocycles. The van der Waals surface area contributed by atoms with Crippen LogP contribution in [0.25, 0.3) is 0 Å². The lowest BCUT2D eigenvalue weighted by Crippen LogP contribution is -2.26. The summed E-state index contributed by atoms with van der Waals surface area (Å²) in [5, 5.41) is 0. The Bertz CT molecular complexity index is 369. The van der Waals surface area contributed by atoms with Gasteiger partial charge in [-0.3, -0.25) is 0 Å². The van der Waals surface area contributed by atoms with Crippen molar-refractivity contribution in [3.8, 4) is 0 Å². The number of hydrogen-bond acceptors (Lipinski definition) is 2. The quantitative estimate of drug-likeness (QED) is 0.865. The van der Waals surface area contributed by atoms with Crippen LogP contribution in [-0.4, -0.2) is 19.6 Å². The van der Waals surface area contributed by atoms with Crippen molar-refractivity contribution in [2.75, 3.05) is 24.5 Å².